The van der Waals surface area contributed by atoms with Crippen LogP contribution < -0.4 is 4.74 Å². The molecule has 4 aliphatic rings. The molecule has 0 aromatic heterocycles. The molecule has 0 saturated heterocycles. The van der Waals surface area contributed by atoms with Crippen LogP contribution in [0.1, 0.15) is 151 Å². The molecule has 4 fully saturated rings. The summed E-state index contributed by atoms with van der Waals surface area (Å²) in [6, 6.07) is 19.5. The zero-order valence-electron chi connectivity index (χ0n) is 30.7. The highest BCUT2D eigenvalue weighted by Crippen LogP contribution is 2.62. The average Bonchev–Trinajstić information content (AvgIpc) is 3.11. The molecular formula is C46H62O3. The van der Waals surface area contributed by atoms with Gasteiger partial charge in [-0.2, -0.15) is 0 Å². The third-order valence-electron chi connectivity index (χ3n) is 12.1. The van der Waals surface area contributed by atoms with Gasteiger partial charge in [-0.05, 0) is 146 Å². The van der Waals surface area contributed by atoms with Crippen molar-refractivity contribution in [2.24, 2.45) is 17.8 Å². The number of benzene rings is 3. The summed E-state index contributed by atoms with van der Waals surface area (Å²) in [5.74, 6) is 3.54. The monoisotopic (exact) mass is 662 g/mol. The number of methoxy groups -OCH3 is 1. The topological polar surface area (TPSA) is 35.5 Å². The van der Waals surface area contributed by atoms with Gasteiger partial charge in [0.25, 0.3) is 0 Å². The van der Waals surface area contributed by atoms with Crippen molar-refractivity contribution in [1.29, 1.82) is 0 Å². The van der Waals surface area contributed by atoms with Crippen LogP contribution in [0.4, 0.5) is 0 Å². The molecule has 264 valence electrons. The van der Waals surface area contributed by atoms with Gasteiger partial charge in [0.2, 0.25) is 0 Å². The summed E-state index contributed by atoms with van der Waals surface area (Å²) in [7, 11) is 1.83. The third-order valence-corrected chi connectivity index (χ3v) is 12.1. The van der Waals surface area contributed by atoms with Crippen molar-refractivity contribution in [3.05, 3.63) is 77.9 Å². The van der Waals surface area contributed by atoms with E-state index in [1.807, 2.05) is 19.2 Å². The van der Waals surface area contributed by atoms with Gasteiger partial charge >= 0.3 is 5.97 Å². The van der Waals surface area contributed by atoms with Crippen LogP contribution in [0.3, 0.4) is 0 Å². The molecule has 3 aromatic carbocycles. The van der Waals surface area contributed by atoms with Crippen LogP contribution in [-0.4, -0.2) is 19.7 Å². The van der Waals surface area contributed by atoms with Gasteiger partial charge in [-0.3, -0.25) is 0 Å². The number of rotatable bonds is 20. The SMILES string of the molecule is CCCCCCCC/C=C\CCCCCCCCOC(=O)c1ccc2cc(-c3ccc(OC)c(C45CC6CC(CC(C6)C4)C5)c3)ccc2c1. The second kappa shape index (κ2) is 17.7. The van der Waals surface area contributed by atoms with Crippen LogP contribution in [0.25, 0.3) is 21.9 Å². The molecule has 0 N–H and O–H groups in total. The van der Waals surface area contributed by atoms with Crippen molar-refractivity contribution in [3.63, 3.8) is 0 Å². The van der Waals surface area contributed by atoms with Crippen molar-refractivity contribution in [2.75, 3.05) is 13.7 Å². The Morgan fingerprint density at radius 1 is 0.673 bits per heavy atom. The smallest absolute Gasteiger partial charge is 0.338 e. The summed E-state index contributed by atoms with van der Waals surface area (Å²) in [5.41, 5.74) is 4.83. The van der Waals surface area contributed by atoms with Crippen LogP contribution in [0.5, 0.6) is 5.75 Å². The van der Waals surface area contributed by atoms with Gasteiger partial charge in [-0.1, -0.05) is 101 Å². The lowest BCUT2D eigenvalue weighted by molar-refractivity contribution is -0.00613. The van der Waals surface area contributed by atoms with Gasteiger partial charge in [-0.25, -0.2) is 4.79 Å². The molecule has 4 bridgehead atoms. The van der Waals surface area contributed by atoms with E-state index in [0.717, 1.165) is 47.1 Å². The maximum absolute atomic E-state index is 12.9. The summed E-state index contributed by atoms with van der Waals surface area (Å²) < 4.78 is 11.6. The summed E-state index contributed by atoms with van der Waals surface area (Å²) in [4.78, 5) is 12.9. The fraction of sp³-hybridized carbons (Fsp3) is 0.587. The Balaban J connectivity index is 0.925. The molecule has 0 atom stereocenters. The zero-order chi connectivity index (χ0) is 33.9. The molecule has 3 nitrogen and oxygen atoms in total. The molecule has 49 heavy (non-hydrogen) atoms. The van der Waals surface area contributed by atoms with Crippen molar-refractivity contribution >= 4 is 16.7 Å². The van der Waals surface area contributed by atoms with Crippen molar-refractivity contribution < 1.29 is 14.3 Å². The molecule has 0 spiro atoms. The molecule has 0 heterocycles. The molecule has 7 rings (SSSR count). The third kappa shape index (κ3) is 9.39. The Labute approximate surface area is 297 Å². The van der Waals surface area contributed by atoms with E-state index < -0.39 is 0 Å². The van der Waals surface area contributed by atoms with Gasteiger partial charge in [-0.15, -0.1) is 0 Å². The Morgan fingerprint density at radius 2 is 1.22 bits per heavy atom. The Bertz CT molecular complexity index is 1500. The van der Waals surface area contributed by atoms with Crippen LogP contribution in [0.15, 0.2) is 66.7 Å². The van der Waals surface area contributed by atoms with Crippen LogP contribution >= 0.6 is 0 Å². The van der Waals surface area contributed by atoms with Gasteiger partial charge in [0.05, 0.1) is 19.3 Å². The van der Waals surface area contributed by atoms with Crippen LogP contribution in [0, 0.1) is 17.8 Å². The Kier molecular flexibility index (Phi) is 12.9. The summed E-state index contributed by atoms with van der Waals surface area (Å²) in [5, 5.41) is 2.22. The largest absolute Gasteiger partial charge is 0.496 e. The van der Waals surface area contributed by atoms with E-state index in [1.165, 1.54) is 132 Å². The van der Waals surface area contributed by atoms with E-state index in [4.69, 9.17) is 9.47 Å². The second-order valence-corrected chi connectivity index (χ2v) is 16.0. The molecule has 0 amide bonds. The first-order valence-corrected chi connectivity index (χ1v) is 20.1. The zero-order valence-corrected chi connectivity index (χ0v) is 30.7. The summed E-state index contributed by atoms with van der Waals surface area (Å²) in [6.07, 6.45) is 30.9. The van der Waals surface area contributed by atoms with Crippen molar-refractivity contribution in [1.82, 2.24) is 0 Å². The quantitative estimate of drug-likeness (QED) is 0.0686. The van der Waals surface area contributed by atoms with Gasteiger partial charge in [0, 0.05) is 5.56 Å². The Morgan fingerprint density at radius 3 is 1.88 bits per heavy atom. The molecule has 3 heteroatoms. The van der Waals surface area contributed by atoms with E-state index in [9.17, 15) is 4.79 Å². The number of fused-ring (bicyclic) bond motifs is 1. The van der Waals surface area contributed by atoms with Crippen molar-refractivity contribution in [2.45, 2.75) is 141 Å². The van der Waals surface area contributed by atoms with E-state index in [1.54, 1.807) is 0 Å². The number of esters is 1. The normalized spacial score (nSPS) is 22.7. The number of hydrogen-bond acceptors (Lipinski definition) is 3. The first-order valence-electron chi connectivity index (χ1n) is 20.1. The lowest BCUT2D eigenvalue weighted by Gasteiger charge is -2.57. The van der Waals surface area contributed by atoms with Gasteiger partial charge in [0.15, 0.2) is 0 Å². The van der Waals surface area contributed by atoms with Gasteiger partial charge < -0.3 is 9.47 Å². The Hall–Kier alpha value is -3.07. The van der Waals surface area contributed by atoms with E-state index in [-0.39, 0.29) is 11.4 Å². The molecule has 3 aromatic rings. The van der Waals surface area contributed by atoms with Gasteiger partial charge in [0.1, 0.15) is 5.75 Å². The standard InChI is InChI=1S/C46H62O3/c1-3-4-5-6-7-8-9-10-11-12-13-14-15-16-17-18-25-49-45(47)42-22-21-38-29-39(19-20-40(38)30-42)41-23-24-44(48-2)43(31-41)46-32-35-26-36(33-46)28-37(27-35)34-46/h10-11,19-24,29-31,35-37H,3-9,12-18,25-28,32-34H2,1-2H3/b11-10-. The predicted molar refractivity (Wildman–Crippen MR) is 206 cm³/mol. The first-order chi connectivity index (χ1) is 24.1. The number of unbranched alkanes of at least 4 members (excludes halogenated alkanes) is 12. The highest BCUT2D eigenvalue weighted by Gasteiger charge is 2.52. The van der Waals surface area contributed by atoms with E-state index in [0.29, 0.717) is 12.2 Å². The number of carbonyl (C=O) groups excluding carboxylic acids is 1. The maximum atomic E-state index is 12.9. The predicted octanol–water partition coefficient (Wildman–Crippen LogP) is 13.2. The molecule has 0 radical (unpaired) electrons. The number of ether oxygens (including phenoxy) is 2. The molecule has 0 unspecified atom stereocenters. The maximum Gasteiger partial charge on any atom is 0.338 e. The minimum absolute atomic E-state index is 0.214. The summed E-state index contributed by atoms with van der Waals surface area (Å²) >= 11 is 0. The molecule has 4 aliphatic carbocycles. The molecular weight excluding hydrogens is 601 g/mol. The number of carbonyl (C=O) groups is 1. The first kappa shape index (κ1) is 35.7. The number of allylic oxidation sites excluding steroid dienone is 2. The summed E-state index contributed by atoms with van der Waals surface area (Å²) in [6.45, 7) is 2.78. The highest BCUT2D eigenvalue weighted by atomic mass is 16.5. The highest BCUT2D eigenvalue weighted by molar-refractivity contribution is 5.96. The lowest BCUT2D eigenvalue weighted by atomic mass is 9.48. The molecule has 0 aliphatic heterocycles. The van der Waals surface area contributed by atoms with E-state index in [2.05, 4.69) is 61.5 Å². The lowest BCUT2D eigenvalue weighted by Crippen LogP contribution is -2.48. The second-order valence-electron chi connectivity index (χ2n) is 16.0. The fourth-order valence-electron chi connectivity index (χ4n) is 9.89. The van der Waals surface area contributed by atoms with Crippen LogP contribution in [0.2, 0.25) is 0 Å². The minimum atomic E-state index is -0.214. The van der Waals surface area contributed by atoms with Crippen molar-refractivity contribution in [3.8, 4) is 16.9 Å². The fourth-order valence-corrected chi connectivity index (χ4v) is 9.89. The number of hydrogen-bond donors (Lipinski definition) is 0. The van der Waals surface area contributed by atoms with Crippen LogP contribution in [-0.2, 0) is 10.2 Å². The van der Waals surface area contributed by atoms with E-state index >= 15 is 0 Å². The average molecular weight is 663 g/mol. The minimum Gasteiger partial charge on any atom is -0.496 e. The molecule has 4 saturated carbocycles.